The van der Waals surface area contributed by atoms with E-state index in [0.29, 0.717) is 5.92 Å². The molecule has 2 aliphatic rings. The van der Waals surface area contributed by atoms with Gasteiger partial charge in [-0.3, -0.25) is 10.1 Å². The van der Waals surface area contributed by atoms with Gasteiger partial charge in [0.25, 0.3) is 0 Å². The Morgan fingerprint density at radius 2 is 1.65 bits per heavy atom. The Kier molecular flexibility index (Phi) is 2.43. The summed E-state index contributed by atoms with van der Waals surface area (Å²) < 4.78 is 0. The first-order valence-electron chi connectivity index (χ1n) is 7.03. The van der Waals surface area contributed by atoms with Gasteiger partial charge in [-0.2, -0.15) is 0 Å². The molecule has 0 amide bonds. The Hall–Kier alpha value is -2.16. The molecule has 3 nitrogen and oxygen atoms in total. The van der Waals surface area contributed by atoms with Crippen molar-refractivity contribution in [3.63, 3.8) is 0 Å². The molecule has 4 rings (SSSR count). The minimum Gasteiger partial charge on any atom is -0.264 e. The van der Waals surface area contributed by atoms with Crippen LogP contribution in [0.3, 0.4) is 0 Å². The minimum atomic E-state index is -0.435. The number of rotatable bonds is 2. The zero-order valence-electron chi connectivity index (χ0n) is 11.0. The molecule has 0 bridgehead atoms. The van der Waals surface area contributed by atoms with Gasteiger partial charge >= 0.3 is 0 Å². The Morgan fingerprint density at radius 3 is 2.40 bits per heavy atom. The summed E-state index contributed by atoms with van der Waals surface area (Å²) in [7, 11) is 0. The Labute approximate surface area is 117 Å². The molecule has 100 valence electrons. The number of hydrogen-bond acceptors (Lipinski definition) is 2. The fraction of sp³-hybridized carbons (Fsp3) is 0.294. The van der Waals surface area contributed by atoms with Gasteiger partial charge in [-0.05, 0) is 23.1 Å². The highest BCUT2D eigenvalue weighted by Crippen LogP contribution is 2.60. The third-order valence-corrected chi connectivity index (χ3v) is 4.95. The van der Waals surface area contributed by atoms with Gasteiger partial charge in [-0.25, -0.2) is 0 Å². The van der Waals surface area contributed by atoms with Crippen LogP contribution in [0.1, 0.15) is 28.5 Å². The quantitative estimate of drug-likeness (QED) is 0.617. The lowest BCUT2D eigenvalue weighted by Gasteiger charge is -2.43. The molecule has 0 aromatic heterocycles. The molecule has 20 heavy (non-hydrogen) atoms. The van der Waals surface area contributed by atoms with Crippen LogP contribution in [-0.2, 0) is 6.42 Å². The van der Waals surface area contributed by atoms with E-state index in [1.54, 1.807) is 0 Å². The number of nitrogens with zero attached hydrogens (tertiary/aromatic N) is 1. The third kappa shape index (κ3) is 1.46. The lowest BCUT2D eigenvalue weighted by Crippen LogP contribution is -2.50. The molecule has 2 aliphatic carbocycles. The maximum Gasteiger partial charge on any atom is 0.224 e. The predicted molar refractivity (Wildman–Crippen MR) is 76.3 cm³/mol. The van der Waals surface area contributed by atoms with E-state index in [1.165, 1.54) is 11.1 Å². The fourth-order valence-corrected chi connectivity index (χ4v) is 4.15. The average molecular weight is 265 g/mol. The zero-order chi connectivity index (χ0) is 13.7. The van der Waals surface area contributed by atoms with Gasteiger partial charge in [0.05, 0.1) is 5.92 Å². The second-order valence-corrected chi connectivity index (χ2v) is 5.80. The number of nitro groups is 1. The van der Waals surface area contributed by atoms with Crippen molar-refractivity contribution >= 4 is 0 Å². The van der Waals surface area contributed by atoms with Crippen LogP contribution in [0.2, 0.25) is 0 Å². The van der Waals surface area contributed by atoms with Crippen molar-refractivity contribution in [1.82, 2.24) is 0 Å². The molecule has 3 heteroatoms. The summed E-state index contributed by atoms with van der Waals surface area (Å²) in [5, 5.41) is 11.5. The molecule has 0 N–H and O–H groups in total. The summed E-state index contributed by atoms with van der Waals surface area (Å²) in [6, 6.07) is 17.9. The van der Waals surface area contributed by atoms with Gasteiger partial charge < -0.3 is 0 Å². The lowest BCUT2D eigenvalue weighted by atomic mass is 9.59. The van der Waals surface area contributed by atoms with Gasteiger partial charge in [0.2, 0.25) is 6.04 Å². The van der Waals surface area contributed by atoms with Crippen molar-refractivity contribution < 1.29 is 4.92 Å². The largest absolute Gasteiger partial charge is 0.264 e. The zero-order valence-corrected chi connectivity index (χ0v) is 11.0. The first-order valence-corrected chi connectivity index (χ1v) is 7.03. The Balaban J connectivity index is 1.79. The second kappa shape index (κ2) is 4.17. The molecule has 1 saturated carbocycles. The molecular weight excluding hydrogens is 250 g/mol. The summed E-state index contributed by atoms with van der Waals surface area (Å²) in [4.78, 5) is 11.4. The van der Waals surface area contributed by atoms with Gasteiger partial charge in [0, 0.05) is 16.8 Å². The highest BCUT2D eigenvalue weighted by molar-refractivity contribution is 5.45. The Morgan fingerprint density at radius 1 is 0.950 bits per heavy atom. The van der Waals surface area contributed by atoms with E-state index < -0.39 is 6.04 Å². The van der Waals surface area contributed by atoms with Crippen molar-refractivity contribution in [2.45, 2.75) is 24.3 Å². The number of fused-ring (bicyclic) bond motifs is 3. The highest BCUT2D eigenvalue weighted by atomic mass is 16.6. The van der Waals surface area contributed by atoms with Gasteiger partial charge in [-0.15, -0.1) is 0 Å². The van der Waals surface area contributed by atoms with Gasteiger partial charge in [-0.1, -0.05) is 54.6 Å². The van der Waals surface area contributed by atoms with E-state index in [2.05, 4.69) is 12.1 Å². The maximum absolute atomic E-state index is 11.5. The molecule has 0 radical (unpaired) electrons. The fourth-order valence-electron chi connectivity index (χ4n) is 4.15. The number of benzene rings is 2. The summed E-state index contributed by atoms with van der Waals surface area (Å²) in [5.74, 6) is 0.524. The molecule has 0 saturated heterocycles. The van der Waals surface area contributed by atoms with Crippen LogP contribution < -0.4 is 0 Å². The lowest BCUT2D eigenvalue weighted by molar-refractivity contribution is -0.554. The van der Waals surface area contributed by atoms with E-state index in [4.69, 9.17) is 0 Å². The maximum atomic E-state index is 11.5. The van der Waals surface area contributed by atoms with Crippen LogP contribution in [0.15, 0.2) is 54.6 Å². The predicted octanol–water partition coefficient (Wildman–Crippen LogP) is 3.39. The van der Waals surface area contributed by atoms with Crippen LogP contribution in [0.25, 0.3) is 0 Å². The van der Waals surface area contributed by atoms with E-state index in [-0.39, 0.29) is 16.8 Å². The van der Waals surface area contributed by atoms with Crippen LogP contribution in [0.5, 0.6) is 0 Å². The first kappa shape index (κ1) is 11.6. The van der Waals surface area contributed by atoms with E-state index in [9.17, 15) is 10.1 Å². The summed E-state index contributed by atoms with van der Waals surface area (Å²) in [6.45, 7) is 0. The van der Waals surface area contributed by atoms with Crippen molar-refractivity contribution in [2.75, 3.05) is 0 Å². The summed E-state index contributed by atoms with van der Waals surface area (Å²) in [6.07, 6.45) is 0.857. The molecule has 0 heterocycles. The van der Waals surface area contributed by atoms with Crippen molar-refractivity contribution in [1.29, 1.82) is 0 Å². The molecule has 2 unspecified atom stereocenters. The van der Waals surface area contributed by atoms with Gasteiger partial charge in [0.15, 0.2) is 0 Å². The van der Waals surface area contributed by atoms with Crippen LogP contribution in [-0.4, -0.2) is 11.0 Å². The molecule has 2 aromatic carbocycles. The van der Waals surface area contributed by atoms with Crippen molar-refractivity contribution in [3.8, 4) is 0 Å². The summed E-state index contributed by atoms with van der Waals surface area (Å²) >= 11 is 0. The smallest absolute Gasteiger partial charge is 0.224 e. The monoisotopic (exact) mass is 265 g/mol. The van der Waals surface area contributed by atoms with Crippen molar-refractivity contribution in [2.24, 2.45) is 5.92 Å². The molecule has 0 spiro atoms. The first-order chi connectivity index (χ1) is 9.77. The number of hydrogen-bond donors (Lipinski definition) is 0. The van der Waals surface area contributed by atoms with Gasteiger partial charge in [0.1, 0.15) is 0 Å². The minimum absolute atomic E-state index is 0.0276. The SMILES string of the molecule is O=[N+]([O-])[C@@H]1C2Cc3ccccc3C2[C@H]1c1ccccc1. The second-order valence-electron chi connectivity index (χ2n) is 5.80. The topological polar surface area (TPSA) is 43.1 Å². The van der Waals surface area contributed by atoms with E-state index in [0.717, 1.165) is 12.0 Å². The van der Waals surface area contributed by atoms with Crippen LogP contribution in [0.4, 0.5) is 0 Å². The van der Waals surface area contributed by atoms with Crippen LogP contribution in [0, 0.1) is 16.0 Å². The molecule has 0 aliphatic heterocycles. The molecular formula is C17H15NO2. The van der Waals surface area contributed by atoms with Crippen molar-refractivity contribution in [3.05, 3.63) is 81.4 Å². The highest BCUT2D eigenvalue weighted by Gasteiger charge is 2.61. The van der Waals surface area contributed by atoms with Crippen LogP contribution >= 0.6 is 0 Å². The van der Waals surface area contributed by atoms with E-state index >= 15 is 0 Å². The molecule has 4 atom stereocenters. The third-order valence-electron chi connectivity index (χ3n) is 4.95. The standard InChI is InChI=1S/C17H15NO2/c19-18(20)17-14-10-12-8-4-5-9-13(12)16(14)15(17)11-6-2-1-3-7-11/h1-9,14-17H,10H2/t14?,15-,16?,17-/m1/s1. The van der Waals surface area contributed by atoms with E-state index in [1.807, 2.05) is 42.5 Å². The molecule has 1 fully saturated rings. The molecule has 2 aromatic rings. The Bertz CT molecular complexity index is 668. The average Bonchev–Trinajstić information content (AvgIpc) is 2.74. The normalized spacial score (nSPS) is 30.2. The summed E-state index contributed by atoms with van der Waals surface area (Å²) in [5.41, 5.74) is 3.73.